The lowest BCUT2D eigenvalue weighted by Gasteiger charge is -2.20. The summed E-state index contributed by atoms with van der Waals surface area (Å²) in [5.74, 6) is -0.674. The second-order valence-electron chi connectivity index (χ2n) is 8.04. The van der Waals surface area contributed by atoms with Crippen molar-refractivity contribution in [2.24, 2.45) is 11.8 Å². The largest absolute Gasteiger partial charge is 0.491 e. The maximum Gasteiger partial charge on any atom is 0.306 e. The van der Waals surface area contributed by atoms with E-state index in [1.807, 2.05) is 19.1 Å². The van der Waals surface area contributed by atoms with Gasteiger partial charge in [-0.15, -0.1) is 0 Å². The van der Waals surface area contributed by atoms with Crippen LogP contribution < -0.4 is 10.1 Å². The molecule has 0 saturated heterocycles. The molecule has 1 aromatic carbocycles. The van der Waals surface area contributed by atoms with Crippen molar-refractivity contribution < 1.29 is 19.4 Å². The third kappa shape index (κ3) is 5.48. The monoisotopic (exact) mass is 347 g/mol. The Balaban J connectivity index is 1.78. The lowest BCUT2D eigenvalue weighted by atomic mass is 9.87. The van der Waals surface area contributed by atoms with Crippen LogP contribution in [0.1, 0.15) is 52.5 Å². The molecule has 0 aliphatic heterocycles. The summed E-state index contributed by atoms with van der Waals surface area (Å²) in [6, 6.07) is 7.89. The third-order valence-corrected chi connectivity index (χ3v) is 4.76. The van der Waals surface area contributed by atoms with Crippen molar-refractivity contribution in [3.63, 3.8) is 0 Å². The SMILES string of the molecule is CC(COc1ccc(C(C)(C)C)cc1)NC(=O)[C@@H]1CC[C@H](C(=O)O)C1. The van der Waals surface area contributed by atoms with Crippen LogP contribution >= 0.6 is 0 Å². The molecule has 0 radical (unpaired) electrons. The van der Waals surface area contributed by atoms with Crippen LogP contribution in [0.2, 0.25) is 0 Å². The van der Waals surface area contributed by atoms with Crippen LogP contribution in [0.5, 0.6) is 5.75 Å². The molecular formula is C20H29NO4. The van der Waals surface area contributed by atoms with Gasteiger partial charge < -0.3 is 15.2 Å². The highest BCUT2D eigenvalue weighted by Gasteiger charge is 2.34. The summed E-state index contributed by atoms with van der Waals surface area (Å²) < 4.78 is 5.75. The molecule has 2 N–H and O–H groups in total. The summed E-state index contributed by atoms with van der Waals surface area (Å²) in [7, 11) is 0. The molecule has 5 nitrogen and oxygen atoms in total. The summed E-state index contributed by atoms with van der Waals surface area (Å²) in [5.41, 5.74) is 1.35. The smallest absolute Gasteiger partial charge is 0.306 e. The van der Waals surface area contributed by atoms with Gasteiger partial charge in [-0.2, -0.15) is 0 Å². The highest BCUT2D eigenvalue weighted by molar-refractivity contribution is 5.81. The van der Waals surface area contributed by atoms with E-state index < -0.39 is 5.97 Å². The van der Waals surface area contributed by atoms with E-state index >= 15 is 0 Å². The van der Waals surface area contributed by atoms with Crippen LogP contribution in [0, 0.1) is 11.8 Å². The van der Waals surface area contributed by atoms with Gasteiger partial charge in [0.05, 0.1) is 12.0 Å². The molecule has 1 unspecified atom stereocenters. The Morgan fingerprint density at radius 2 is 1.80 bits per heavy atom. The highest BCUT2D eigenvalue weighted by Crippen LogP contribution is 2.31. The Kier molecular flexibility index (Phi) is 6.09. The van der Waals surface area contributed by atoms with Gasteiger partial charge >= 0.3 is 5.97 Å². The number of carboxylic acid groups (broad SMARTS) is 1. The zero-order valence-corrected chi connectivity index (χ0v) is 15.5. The minimum atomic E-state index is -0.801. The molecule has 0 bridgehead atoms. The number of carboxylic acids is 1. The first-order valence-corrected chi connectivity index (χ1v) is 8.93. The van der Waals surface area contributed by atoms with Crippen LogP contribution in [0.15, 0.2) is 24.3 Å². The van der Waals surface area contributed by atoms with Crippen LogP contribution in [0.3, 0.4) is 0 Å². The summed E-state index contributed by atoms with van der Waals surface area (Å²) in [6.45, 7) is 8.77. The molecule has 1 amide bonds. The summed E-state index contributed by atoms with van der Waals surface area (Å²) in [6.07, 6.45) is 1.66. The van der Waals surface area contributed by atoms with Crippen LogP contribution in [-0.4, -0.2) is 29.6 Å². The molecule has 25 heavy (non-hydrogen) atoms. The van der Waals surface area contributed by atoms with Crippen LogP contribution in [0.4, 0.5) is 0 Å². The van der Waals surface area contributed by atoms with Crippen LogP contribution in [-0.2, 0) is 15.0 Å². The van der Waals surface area contributed by atoms with Gasteiger partial charge in [-0.25, -0.2) is 0 Å². The highest BCUT2D eigenvalue weighted by atomic mass is 16.5. The first kappa shape index (κ1) is 19.3. The van der Waals surface area contributed by atoms with E-state index in [9.17, 15) is 9.59 Å². The third-order valence-electron chi connectivity index (χ3n) is 4.76. The molecule has 0 heterocycles. The van der Waals surface area contributed by atoms with E-state index in [2.05, 4.69) is 38.2 Å². The molecule has 1 fully saturated rings. The zero-order chi connectivity index (χ0) is 18.6. The molecule has 138 valence electrons. The van der Waals surface area contributed by atoms with Crippen molar-refractivity contribution in [2.45, 2.75) is 58.4 Å². The number of hydrogen-bond donors (Lipinski definition) is 2. The number of benzene rings is 1. The molecule has 5 heteroatoms. The molecule has 1 aliphatic carbocycles. The first-order chi connectivity index (χ1) is 11.7. The Bertz CT molecular complexity index is 603. The van der Waals surface area contributed by atoms with Crippen molar-refractivity contribution >= 4 is 11.9 Å². The van der Waals surface area contributed by atoms with Crippen molar-refractivity contribution in [3.05, 3.63) is 29.8 Å². The quantitative estimate of drug-likeness (QED) is 0.827. The zero-order valence-electron chi connectivity index (χ0n) is 15.5. The predicted molar refractivity (Wildman–Crippen MR) is 96.7 cm³/mol. The van der Waals surface area contributed by atoms with Gasteiger partial charge in [-0.1, -0.05) is 32.9 Å². The Morgan fingerprint density at radius 3 is 2.32 bits per heavy atom. The number of carbonyl (C=O) groups is 2. The summed E-state index contributed by atoms with van der Waals surface area (Å²) in [5, 5.41) is 12.0. The normalized spacial score (nSPS) is 21.6. The fraction of sp³-hybridized carbons (Fsp3) is 0.600. The van der Waals surface area contributed by atoms with Gasteiger partial charge in [0, 0.05) is 5.92 Å². The summed E-state index contributed by atoms with van der Waals surface area (Å²) in [4.78, 5) is 23.2. The lowest BCUT2D eigenvalue weighted by molar-refractivity contribution is -0.141. The molecule has 1 aliphatic rings. The number of aliphatic carboxylic acids is 1. The molecule has 0 aromatic heterocycles. The molecule has 1 saturated carbocycles. The molecular weight excluding hydrogens is 318 g/mol. The van der Waals surface area contributed by atoms with Crippen LogP contribution in [0.25, 0.3) is 0 Å². The number of hydrogen-bond acceptors (Lipinski definition) is 3. The molecule has 3 atom stereocenters. The summed E-state index contributed by atoms with van der Waals surface area (Å²) >= 11 is 0. The van der Waals surface area contributed by atoms with Gasteiger partial charge in [-0.05, 0) is 49.3 Å². The fourth-order valence-electron chi connectivity index (χ4n) is 3.12. The van der Waals surface area contributed by atoms with E-state index in [0.29, 0.717) is 25.9 Å². The number of nitrogens with one attached hydrogen (secondary N) is 1. The Hall–Kier alpha value is -2.04. The van der Waals surface area contributed by atoms with E-state index in [1.54, 1.807) is 0 Å². The maximum atomic E-state index is 12.2. The van der Waals surface area contributed by atoms with Crippen molar-refractivity contribution in [2.75, 3.05) is 6.61 Å². The minimum absolute atomic E-state index is 0.0667. The number of rotatable bonds is 6. The van der Waals surface area contributed by atoms with Gasteiger partial charge in [-0.3, -0.25) is 9.59 Å². The van der Waals surface area contributed by atoms with Gasteiger partial charge in [0.2, 0.25) is 5.91 Å². The molecule has 1 aromatic rings. The van der Waals surface area contributed by atoms with E-state index in [0.717, 1.165) is 5.75 Å². The standard InChI is InChI=1S/C20H29NO4/c1-13(21-18(22)14-5-6-15(11-14)19(23)24)12-25-17-9-7-16(8-10-17)20(2,3)4/h7-10,13-15H,5-6,11-12H2,1-4H3,(H,21,22)(H,23,24)/t13?,14-,15+/m1/s1. The van der Waals surface area contributed by atoms with Gasteiger partial charge in [0.15, 0.2) is 0 Å². The predicted octanol–water partition coefficient (Wildman–Crippen LogP) is 3.37. The van der Waals surface area contributed by atoms with Gasteiger partial charge in [0.25, 0.3) is 0 Å². The topological polar surface area (TPSA) is 75.6 Å². The van der Waals surface area contributed by atoms with Gasteiger partial charge in [0.1, 0.15) is 12.4 Å². The number of carbonyl (C=O) groups excluding carboxylic acids is 1. The lowest BCUT2D eigenvalue weighted by Crippen LogP contribution is -2.40. The van der Waals surface area contributed by atoms with Crippen molar-refractivity contribution in [3.8, 4) is 5.75 Å². The second-order valence-corrected chi connectivity index (χ2v) is 8.04. The van der Waals surface area contributed by atoms with E-state index in [1.165, 1.54) is 5.56 Å². The minimum Gasteiger partial charge on any atom is -0.491 e. The fourth-order valence-corrected chi connectivity index (χ4v) is 3.12. The van der Waals surface area contributed by atoms with Crippen molar-refractivity contribution in [1.82, 2.24) is 5.32 Å². The molecule has 2 rings (SSSR count). The molecule has 0 spiro atoms. The van der Waals surface area contributed by atoms with E-state index in [4.69, 9.17) is 9.84 Å². The first-order valence-electron chi connectivity index (χ1n) is 8.93. The maximum absolute atomic E-state index is 12.2. The average molecular weight is 347 g/mol. The van der Waals surface area contributed by atoms with E-state index in [-0.39, 0.29) is 29.2 Å². The second kappa shape index (κ2) is 7.89. The average Bonchev–Trinajstić information content (AvgIpc) is 3.03. The number of ether oxygens (including phenoxy) is 1. The Morgan fingerprint density at radius 1 is 1.20 bits per heavy atom. The van der Waals surface area contributed by atoms with Crippen molar-refractivity contribution in [1.29, 1.82) is 0 Å². The number of amides is 1. The Labute approximate surface area is 149 Å².